The van der Waals surface area contributed by atoms with Crippen molar-refractivity contribution in [3.8, 4) is 0 Å². The molecule has 20 heavy (non-hydrogen) atoms. The van der Waals surface area contributed by atoms with Gasteiger partial charge in [0.1, 0.15) is 10.7 Å². The number of anilines is 1. The Balaban J connectivity index is 1.94. The molecule has 0 saturated heterocycles. The summed E-state index contributed by atoms with van der Waals surface area (Å²) in [6.07, 6.45) is 4.33. The van der Waals surface area contributed by atoms with Crippen LogP contribution in [-0.2, 0) is 4.79 Å². The van der Waals surface area contributed by atoms with Gasteiger partial charge in [-0.15, -0.1) is 0 Å². The van der Waals surface area contributed by atoms with Gasteiger partial charge in [0.15, 0.2) is 5.65 Å². The number of halogens is 1. The summed E-state index contributed by atoms with van der Waals surface area (Å²) < 4.78 is 1.99. The zero-order valence-electron chi connectivity index (χ0n) is 11.1. The molecule has 106 valence electrons. The van der Waals surface area contributed by atoms with E-state index in [9.17, 15) is 4.79 Å². The summed E-state index contributed by atoms with van der Waals surface area (Å²) in [6, 6.07) is 1.82. The molecule has 0 radical (unpaired) electrons. The molecule has 6 nitrogen and oxygen atoms in total. The molecule has 0 aromatic carbocycles. The maximum absolute atomic E-state index is 11.7. The highest BCUT2D eigenvalue weighted by molar-refractivity contribution is 6.30. The highest BCUT2D eigenvalue weighted by Crippen LogP contribution is 2.36. The van der Waals surface area contributed by atoms with Gasteiger partial charge in [-0.3, -0.25) is 4.79 Å². The van der Waals surface area contributed by atoms with Crippen LogP contribution in [-0.4, -0.2) is 27.5 Å². The van der Waals surface area contributed by atoms with Crippen molar-refractivity contribution in [1.82, 2.24) is 19.9 Å². The van der Waals surface area contributed by atoms with Crippen molar-refractivity contribution in [3.63, 3.8) is 0 Å². The van der Waals surface area contributed by atoms with Crippen LogP contribution in [0.2, 0.25) is 5.15 Å². The van der Waals surface area contributed by atoms with Crippen molar-refractivity contribution in [2.45, 2.75) is 25.3 Å². The first-order chi connectivity index (χ1) is 9.60. The van der Waals surface area contributed by atoms with E-state index >= 15 is 0 Å². The molecule has 2 unspecified atom stereocenters. The smallest absolute Gasteiger partial charge is 0.222 e. The summed E-state index contributed by atoms with van der Waals surface area (Å²) in [5.74, 6) is 0.154. The molecule has 0 aliphatic heterocycles. The summed E-state index contributed by atoms with van der Waals surface area (Å²) in [7, 11) is 1.67. The topological polar surface area (TPSA) is 85.8 Å². The number of nitrogens with two attached hydrogens (primary N) is 1. The van der Waals surface area contributed by atoms with Gasteiger partial charge in [0, 0.05) is 25.1 Å². The highest BCUT2D eigenvalue weighted by atomic mass is 35.5. The first-order valence-corrected chi connectivity index (χ1v) is 6.98. The molecule has 1 aliphatic rings. The summed E-state index contributed by atoms with van der Waals surface area (Å²) >= 11 is 5.96. The Kier molecular flexibility index (Phi) is 3.25. The lowest BCUT2D eigenvalue weighted by Crippen LogP contribution is -2.25. The zero-order chi connectivity index (χ0) is 14.3. The van der Waals surface area contributed by atoms with Crippen molar-refractivity contribution >= 4 is 34.4 Å². The van der Waals surface area contributed by atoms with Gasteiger partial charge in [-0.2, -0.15) is 0 Å². The van der Waals surface area contributed by atoms with E-state index < -0.39 is 0 Å². The number of rotatable bonds is 2. The first-order valence-electron chi connectivity index (χ1n) is 6.60. The number of nitrogens with one attached hydrogen (secondary N) is 1. The lowest BCUT2D eigenvalue weighted by molar-refractivity contribution is -0.124. The minimum absolute atomic E-state index is 0.0546. The van der Waals surface area contributed by atoms with E-state index in [1.165, 1.54) is 0 Å². The maximum Gasteiger partial charge on any atom is 0.222 e. The molecule has 0 bridgehead atoms. The molecule has 1 saturated carbocycles. The number of nitrogens with zero attached hydrogens (tertiary/aromatic N) is 3. The average Bonchev–Trinajstić information content (AvgIpc) is 3.03. The normalized spacial score (nSPS) is 22.3. The Bertz CT molecular complexity index is 668. The molecule has 2 atom stereocenters. The Morgan fingerprint density at radius 1 is 1.55 bits per heavy atom. The third-order valence-electron chi connectivity index (χ3n) is 3.94. The summed E-state index contributed by atoms with van der Waals surface area (Å²) in [4.78, 5) is 20.3. The first kappa shape index (κ1) is 13.2. The number of aromatic nitrogens is 3. The van der Waals surface area contributed by atoms with Crippen LogP contribution < -0.4 is 11.1 Å². The quantitative estimate of drug-likeness (QED) is 0.826. The molecule has 2 aromatic rings. The van der Waals surface area contributed by atoms with Gasteiger partial charge in [-0.25, -0.2) is 9.97 Å². The second kappa shape index (κ2) is 4.94. The van der Waals surface area contributed by atoms with E-state index in [0.29, 0.717) is 22.0 Å². The Morgan fingerprint density at radius 2 is 2.35 bits per heavy atom. The maximum atomic E-state index is 11.7. The SMILES string of the molecule is CNC(=O)C1CCC(n2cnc3c(N)cc(Cl)nc32)C1. The molecule has 3 N–H and O–H groups in total. The standard InChI is InChI=1S/C13H16ClN5O/c1-16-13(20)7-2-3-8(4-7)19-6-17-11-9(15)5-10(14)18-12(11)19/h5-8H,2-4H2,1H3,(H2,15,18)(H,16,20). The number of fused-ring (bicyclic) bond motifs is 1. The number of hydrogen-bond acceptors (Lipinski definition) is 4. The van der Waals surface area contributed by atoms with E-state index in [-0.39, 0.29) is 17.9 Å². The van der Waals surface area contributed by atoms with E-state index in [1.807, 2.05) is 4.57 Å². The second-order valence-electron chi connectivity index (χ2n) is 5.14. The number of imidazole rings is 1. The van der Waals surface area contributed by atoms with Gasteiger partial charge in [-0.05, 0) is 19.3 Å². The van der Waals surface area contributed by atoms with Gasteiger partial charge in [-0.1, -0.05) is 11.6 Å². The van der Waals surface area contributed by atoms with Crippen LogP contribution >= 0.6 is 11.6 Å². The third kappa shape index (κ3) is 2.10. The zero-order valence-corrected chi connectivity index (χ0v) is 11.9. The fourth-order valence-corrected chi connectivity index (χ4v) is 3.12. The molecular weight excluding hydrogens is 278 g/mol. The Labute approximate surface area is 121 Å². The predicted octanol–water partition coefficient (Wildman–Crippen LogP) is 1.75. The molecule has 0 spiro atoms. The van der Waals surface area contributed by atoms with Crippen molar-refractivity contribution in [2.24, 2.45) is 5.92 Å². The molecule has 7 heteroatoms. The second-order valence-corrected chi connectivity index (χ2v) is 5.52. The van der Waals surface area contributed by atoms with E-state index in [0.717, 1.165) is 19.3 Å². The van der Waals surface area contributed by atoms with E-state index in [1.54, 1.807) is 19.4 Å². The van der Waals surface area contributed by atoms with Gasteiger partial charge >= 0.3 is 0 Å². The number of carbonyl (C=O) groups is 1. The van der Waals surface area contributed by atoms with Crippen molar-refractivity contribution < 1.29 is 4.79 Å². The highest BCUT2D eigenvalue weighted by Gasteiger charge is 2.31. The number of nitrogen functional groups attached to an aromatic ring is 1. The van der Waals surface area contributed by atoms with Crippen LogP contribution in [0.1, 0.15) is 25.3 Å². The molecule has 3 rings (SSSR count). The fraction of sp³-hybridized carbons (Fsp3) is 0.462. The van der Waals surface area contributed by atoms with Crippen LogP contribution in [0.15, 0.2) is 12.4 Å². The number of amides is 1. The monoisotopic (exact) mass is 293 g/mol. The molecule has 1 aliphatic carbocycles. The lowest BCUT2D eigenvalue weighted by atomic mass is 10.1. The van der Waals surface area contributed by atoms with E-state index in [2.05, 4.69) is 15.3 Å². The Hall–Kier alpha value is -1.82. The molecule has 2 aromatic heterocycles. The molecule has 2 heterocycles. The van der Waals surface area contributed by atoms with Gasteiger partial charge in [0.05, 0.1) is 12.0 Å². The average molecular weight is 294 g/mol. The summed E-state index contributed by atoms with van der Waals surface area (Å²) in [5, 5.41) is 3.07. The van der Waals surface area contributed by atoms with Crippen LogP contribution in [0.5, 0.6) is 0 Å². The summed E-state index contributed by atoms with van der Waals surface area (Å²) in [5.41, 5.74) is 7.79. The minimum atomic E-state index is 0.0546. The lowest BCUT2D eigenvalue weighted by Gasteiger charge is -2.13. The molecular formula is C13H16ClN5O. The van der Waals surface area contributed by atoms with Crippen molar-refractivity contribution in [2.75, 3.05) is 12.8 Å². The molecule has 1 fully saturated rings. The summed E-state index contributed by atoms with van der Waals surface area (Å²) in [6.45, 7) is 0. The van der Waals surface area contributed by atoms with Gasteiger partial charge in [0.2, 0.25) is 5.91 Å². The van der Waals surface area contributed by atoms with Crippen LogP contribution in [0, 0.1) is 5.92 Å². The van der Waals surface area contributed by atoms with Gasteiger partial charge in [0.25, 0.3) is 0 Å². The number of hydrogen-bond donors (Lipinski definition) is 2. The fourth-order valence-electron chi connectivity index (χ4n) is 2.92. The van der Waals surface area contributed by atoms with Crippen molar-refractivity contribution in [1.29, 1.82) is 0 Å². The van der Waals surface area contributed by atoms with E-state index in [4.69, 9.17) is 17.3 Å². The minimum Gasteiger partial charge on any atom is -0.397 e. The molecule has 1 amide bonds. The number of pyridine rings is 1. The van der Waals surface area contributed by atoms with Crippen LogP contribution in [0.4, 0.5) is 5.69 Å². The third-order valence-corrected chi connectivity index (χ3v) is 4.14. The van der Waals surface area contributed by atoms with Crippen LogP contribution in [0.3, 0.4) is 0 Å². The van der Waals surface area contributed by atoms with Gasteiger partial charge < -0.3 is 15.6 Å². The number of carbonyl (C=O) groups excluding carboxylic acids is 1. The largest absolute Gasteiger partial charge is 0.397 e. The van der Waals surface area contributed by atoms with Crippen molar-refractivity contribution in [3.05, 3.63) is 17.5 Å². The van der Waals surface area contributed by atoms with Crippen LogP contribution in [0.25, 0.3) is 11.2 Å². The Morgan fingerprint density at radius 3 is 3.10 bits per heavy atom. The predicted molar refractivity (Wildman–Crippen MR) is 77.4 cm³/mol.